The van der Waals surface area contributed by atoms with E-state index in [1.54, 1.807) is 18.2 Å². The van der Waals surface area contributed by atoms with Crippen molar-refractivity contribution in [3.8, 4) is 5.88 Å². The number of ether oxygens (including phenoxy) is 1. The number of carbonyl (C=O) groups excluding carboxylic acids is 1. The average Bonchev–Trinajstić information content (AvgIpc) is 2.57. The number of hydrogen-bond acceptors (Lipinski definition) is 4. The zero-order valence-electron chi connectivity index (χ0n) is 15.7. The van der Waals surface area contributed by atoms with Crippen LogP contribution >= 0.6 is 36.4 Å². The van der Waals surface area contributed by atoms with Gasteiger partial charge in [-0.05, 0) is 31.7 Å². The normalized spacial score (nSPS) is 24.8. The van der Waals surface area contributed by atoms with Gasteiger partial charge in [0, 0.05) is 37.1 Å². The van der Waals surface area contributed by atoms with Gasteiger partial charge in [0.2, 0.25) is 5.88 Å². The summed E-state index contributed by atoms with van der Waals surface area (Å²) in [6.45, 7) is 4.13. The largest absolute Gasteiger partial charge is 0.474 e. The summed E-state index contributed by atoms with van der Waals surface area (Å²) in [6, 6.07) is 5.25. The Hall–Kier alpha value is -1.34. The van der Waals surface area contributed by atoms with Crippen LogP contribution in [0.1, 0.15) is 19.8 Å². The van der Waals surface area contributed by atoms with Gasteiger partial charge in [0.15, 0.2) is 0 Å². The molecule has 1 aromatic heterocycles. The molecule has 1 aliphatic carbocycles. The summed E-state index contributed by atoms with van der Waals surface area (Å²) in [5, 5.41) is 2.03. The number of halogens is 4. The Morgan fingerprint density at radius 1 is 1.36 bits per heavy atom. The monoisotopic (exact) mass is 451 g/mol. The molecule has 0 aromatic carbocycles. The highest BCUT2D eigenvalue weighted by Crippen LogP contribution is 2.26. The number of nitrogens with one attached hydrogen (secondary N) is 1. The van der Waals surface area contributed by atoms with E-state index in [0.29, 0.717) is 23.2 Å². The van der Waals surface area contributed by atoms with Gasteiger partial charge in [0.1, 0.15) is 17.7 Å². The molecule has 28 heavy (non-hydrogen) atoms. The standard InChI is InChI=1S/C19H23ClFN3O2.2ClH/c1-12-11-24(2)9-8-16(12)26-18-5-3-4-17(22-18)23-19(25)14-7-6-13(21)10-15(14)20;;/h3-7,12,15-16H,8-11H2,1-2H3,(H,22,23,25);2*1H/t12-,15?,16+;;/m0../s1. The van der Waals surface area contributed by atoms with E-state index >= 15 is 0 Å². The van der Waals surface area contributed by atoms with Gasteiger partial charge in [-0.2, -0.15) is 4.98 Å². The lowest BCUT2D eigenvalue weighted by molar-refractivity contribution is -0.113. The highest BCUT2D eigenvalue weighted by Gasteiger charge is 2.26. The van der Waals surface area contributed by atoms with Crippen molar-refractivity contribution in [2.75, 3.05) is 25.5 Å². The third-order valence-corrected chi connectivity index (χ3v) is 5.07. The van der Waals surface area contributed by atoms with Crippen molar-refractivity contribution in [3.63, 3.8) is 0 Å². The van der Waals surface area contributed by atoms with Gasteiger partial charge in [-0.3, -0.25) is 4.79 Å². The smallest absolute Gasteiger partial charge is 0.254 e. The van der Waals surface area contributed by atoms with Crippen molar-refractivity contribution in [2.45, 2.75) is 31.2 Å². The van der Waals surface area contributed by atoms with E-state index in [2.05, 4.69) is 29.2 Å². The first-order valence-corrected chi connectivity index (χ1v) is 9.20. The van der Waals surface area contributed by atoms with Crippen LogP contribution in [0.25, 0.3) is 0 Å². The zero-order valence-corrected chi connectivity index (χ0v) is 18.1. The summed E-state index contributed by atoms with van der Waals surface area (Å²) < 4.78 is 19.2. The maximum atomic E-state index is 13.2. The number of nitrogens with zero attached hydrogens (tertiary/aromatic N) is 2. The molecule has 156 valence electrons. The minimum atomic E-state index is -0.681. The SMILES string of the molecule is C[C@H]1CN(C)CC[C@H]1Oc1cccc(NC(=O)C2=CC=C(F)CC2Cl)n1.Cl.Cl. The molecule has 1 N–H and O–H groups in total. The number of allylic oxidation sites excluding steroid dienone is 3. The second-order valence-corrected chi connectivity index (χ2v) is 7.43. The van der Waals surface area contributed by atoms with E-state index < -0.39 is 5.38 Å². The molecule has 1 aliphatic heterocycles. The van der Waals surface area contributed by atoms with Gasteiger partial charge in [0.25, 0.3) is 5.91 Å². The Kier molecular flexibility index (Phi) is 9.70. The second-order valence-electron chi connectivity index (χ2n) is 6.91. The number of piperidine rings is 1. The fraction of sp³-hybridized carbons (Fsp3) is 0.474. The first kappa shape index (κ1) is 24.7. The molecular weight excluding hydrogens is 428 g/mol. The number of carbonyl (C=O) groups is 1. The topological polar surface area (TPSA) is 54.5 Å². The van der Waals surface area contributed by atoms with Crippen molar-refractivity contribution >= 4 is 48.1 Å². The van der Waals surface area contributed by atoms with Crippen LogP contribution in [0.4, 0.5) is 10.2 Å². The minimum absolute atomic E-state index is 0. The molecule has 1 saturated heterocycles. The van der Waals surface area contributed by atoms with Crippen LogP contribution in [0.2, 0.25) is 0 Å². The highest BCUT2D eigenvalue weighted by atomic mass is 35.5. The molecule has 9 heteroatoms. The predicted molar refractivity (Wildman–Crippen MR) is 115 cm³/mol. The number of anilines is 1. The van der Waals surface area contributed by atoms with E-state index in [1.165, 1.54) is 12.2 Å². The van der Waals surface area contributed by atoms with Crippen LogP contribution in [0.5, 0.6) is 5.88 Å². The molecule has 1 unspecified atom stereocenters. The fourth-order valence-corrected chi connectivity index (χ4v) is 3.57. The van der Waals surface area contributed by atoms with Crippen LogP contribution in [-0.4, -0.2) is 47.4 Å². The van der Waals surface area contributed by atoms with Gasteiger partial charge < -0.3 is 15.0 Å². The number of amides is 1. The van der Waals surface area contributed by atoms with Crippen LogP contribution in [0.15, 0.2) is 41.8 Å². The molecule has 3 atom stereocenters. The van der Waals surface area contributed by atoms with E-state index in [9.17, 15) is 9.18 Å². The molecule has 3 rings (SSSR count). The van der Waals surface area contributed by atoms with Gasteiger partial charge in [-0.15, -0.1) is 36.4 Å². The highest BCUT2D eigenvalue weighted by molar-refractivity contribution is 6.27. The van der Waals surface area contributed by atoms with Crippen molar-refractivity contribution in [3.05, 3.63) is 41.8 Å². The number of alkyl halides is 1. The molecule has 0 radical (unpaired) electrons. The molecular formula is C19H25Cl3FN3O2. The van der Waals surface area contributed by atoms with Crippen molar-refractivity contribution in [1.29, 1.82) is 0 Å². The lowest BCUT2D eigenvalue weighted by Crippen LogP contribution is -2.42. The van der Waals surface area contributed by atoms with Gasteiger partial charge in [-0.25, -0.2) is 4.39 Å². The third-order valence-electron chi connectivity index (χ3n) is 4.68. The van der Waals surface area contributed by atoms with E-state index in [-0.39, 0.29) is 49.1 Å². The number of likely N-dealkylation sites (tertiary alicyclic amines) is 1. The van der Waals surface area contributed by atoms with E-state index in [0.717, 1.165) is 19.5 Å². The Bertz CT molecular complexity index is 745. The maximum Gasteiger partial charge on any atom is 0.254 e. The summed E-state index contributed by atoms with van der Waals surface area (Å²) in [7, 11) is 2.10. The average molecular weight is 453 g/mol. The van der Waals surface area contributed by atoms with Crippen molar-refractivity contribution < 1.29 is 13.9 Å². The summed E-state index contributed by atoms with van der Waals surface area (Å²) in [4.78, 5) is 19.0. The predicted octanol–water partition coefficient (Wildman–Crippen LogP) is 4.37. The van der Waals surface area contributed by atoms with Crippen LogP contribution < -0.4 is 10.1 Å². The van der Waals surface area contributed by atoms with Crippen LogP contribution in [0, 0.1) is 5.92 Å². The number of hydrogen-bond donors (Lipinski definition) is 1. The van der Waals surface area contributed by atoms with Gasteiger partial charge in [0.05, 0.1) is 5.38 Å². The summed E-state index contributed by atoms with van der Waals surface area (Å²) >= 11 is 6.07. The number of rotatable bonds is 4. The van der Waals surface area contributed by atoms with Crippen molar-refractivity contribution in [1.82, 2.24) is 9.88 Å². The molecule has 0 saturated carbocycles. The zero-order chi connectivity index (χ0) is 18.7. The lowest BCUT2D eigenvalue weighted by atomic mass is 9.97. The first-order valence-electron chi connectivity index (χ1n) is 8.76. The maximum absolute atomic E-state index is 13.2. The lowest BCUT2D eigenvalue weighted by Gasteiger charge is -2.34. The fourth-order valence-electron chi connectivity index (χ4n) is 3.25. The third kappa shape index (κ3) is 6.34. The summed E-state index contributed by atoms with van der Waals surface area (Å²) in [6.07, 6.45) is 3.74. The van der Waals surface area contributed by atoms with E-state index in [4.69, 9.17) is 16.3 Å². The molecule has 0 spiro atoms. The first-order chi connectivity index (χ1) is 12.4. The van der Waals surface area contributed by atoms with Gasteiger partial charge >= 0.3 is 0 Å². The quantitative estimate of drug-likeness (QED) is 0.689. The molecule has 1 amide bonds. The summed E-state index contributed by atoms with van der Waals surface area (Å²) in [5.41, 5.74) is 0.324. The molecule has 0 bridgehead atoms. The molecule has 1 aromatic rings. The van der Waals surface area contributed by atoms with Crippen LogP contribution in [-0.2, 0) is 4.79 Å². The minimum Gasteiger partial charge on any atom is -0.474 e. The number of aromatic nitrogens is 1. The Morgan fingerprint density at radius 3 is 2.79 bits per heavy atom. The Labute approximate surface area is 182 Å². The van der Waals surface area contributed by atoms with Crippen molar-refractivity contribution in [2.24, 2.45) is 5.92 Å². The van der Waals surface area contributed by atoms with Gasteiger partial charge in [-0.1, -0.05) is 13.0 Å². The summed E-state index contributed by atoms with van der Waals surface area (Å²) in [5.74, 6) is 0.552. The number of pyridine rings is 1. The Morgan fingerprint density at radius 2 is 2.11 bits per heavy atom. The molecule has 2 aliphatic rings. The molecule has 1 fully saturated rings. The van der Waals surface area contributed by atoms with Crippen LogP contribution in [0.3, 0.4) is 0 Å². The molecule has 5 nitrogen and oxygen atoms in total. The second kappa shape index (κ2) is 11.0. The Balaban J connectivity index is 0.00000196. The van der Waals surface area contributed by atoms with E-state index in [1.807, 2.05) is 0 Å². The molecule has 2 heterocycles.